The first kappa shape index (κ1) is 30.9. The summed E-state index contributed by atoms with van der Waals surface area (Å²) in [6, 6.07) is 10.1. The lowest BCUT2D eigenvalue weighted by molar-refractivity contribution is -0.385. The third-order valence-electron chi connectivity index (χ3n) is 7.42. The molecule has 40 heavy (non-hydrogen) atoms. The average Bonchev–Trinajstić information content (AvgIpc) is 3.33. The van der Waals surface area contributed by atoms with Crippen LogP contribution in [0.25, 0.3) is 11.6 Å². The predicted molar refractivity (Wildman–Crippen MR) is 160 cm³/mol. The third-order valence-corrected chi connectivity index (χ3v) is 7.42. The van der Waals surface area contributed by atoms with Gasteiger partial charge in [0.25, 0.3) is 11.4 Å². The average molecular weight is 548 g/mol. The first-order valence-corrected chi connectivity index (χ1v) is 13.9. The zero-order valence-corrected chi connectivity index (χ0v) is 24.5. The van der Waals surface area contributed by atoms with E-state index in [0.717, 1.165) is 66.5 Å². The van der Waals surface area contributed by atoms with Crippen LogP contribution in [0.2, 0.25) is 0 Å². The standard InChI is InChI=1S/C32H41N3O5/c1-31(2,3)28-16-14-24(34(37)38)21-23(28)11-7-8-18-33-19-9-13-30(33)26(12-10-20-36)27-22-25(35(39)40)15-17-29(27)32(4,5)6/h7,11-12,14-17,20-22,30H,8-10,13,18-19H2,1-6H3. The molecular formula is C32H41N3O5. The number of benzene rings is 2. The van der Waals surface area contributed by atoms with Crippen molar-refractivity contribution in [2.45, 2.75) is 84.1 Å². The van der Waals surface area contributed by atoms with Gasteiger partial charge in [0.2, 0.25) is 0 Å². The highest BCUT2D eigenvalue weighted by molar-refractivity contribution is 5.76. The van der Waals surface area contributed by atoms with Gasteiger partial charge in [-0.15, -0.1) is 0 Å². The Morgan fingerprint density at radius 1 is 0.950 bits per heavy atom. The number of carbonyl (C=O) groups is 1. The SMILES string of the molecule is CC(C)(C)c1ccc([N+](=O)[O-])cc1C=CCCN1CCCC1C(=CCC=O)c1cc([N+](=O)[O-])ccc1C(C)(C)C. The molecule has 0 spiro atoms. The molecule has 3 rings (SSSR count). The van der Waals surface area contributed by atoms with Crippen LogP contribution >= 0.6 is 0 Å². The van der Waals surface area contributed by atoms with E-state index in [2.05, 4.69) is 52.5 Å². The summed E-state index contributed by atoms with van der Waals surface area (Å²) in [4.78, 5) is 36.0. The molecule has 8 nitrogen and oxygen atoms in total. The van der Waals surface area contributed by atoms with Gasteiger partial charge in [-0.05, 0) is 64.5 Å². The van der Waals surface area contributed by atoms with Gasteiger partial charge in [-0.2, -0.15) is 0 Å². The second-order valence-corrected chi connectivity index (χ2v) is 12.5. The molecule has 0 aliphatic carbocycles. The number of rotatable bonds is 10. The van der Waals surface area contributed by atoms with Crippen LogP contribution in [0, 0.1) is 20.2 Å². The van der Waals surface area contributed by atoms with Gasteiger partial charge in [0.15, 0.2) is 0 Å². The van der Waals surface area contributed by atoms with E-state index in [0.29, 0.717) is 0 Å². The Morgan fingerprint density at radius 2 is 1.55 bits per heavy atom. The maximum absolute atomic E-state index is 11.6. The molecule has 1 fully saturated rings. The van der Waals surface area contributed by atoms with Crippen LogP contribution in [0.4, 0.5) is 11.4 Å². The highest BCUT2D eigenvalue weighted by Gasteiger charge is 2.31. The largest absolute Gasteiger partial charge is 0.303 e. The van der Waals surface area contributed by atoms with Crippen LogP contribution in [0.15, 0.2) is 48.6 Å². The second kappa shape index (κ2) is 12.7. The van der Waals surface area contributed by atoms with E-state index in [1.54, 1.807) is 24.3 Å². The summed E-state index contributed by atoms with van der Waals surface area (Å²) in [7, 11) is 0. The predicted octanol–water partition coefficient (Wildman–Crippen LogP) is 7.64. The van der Waals surface area contributed by atoms with Gasteiger partial charge in [0, 0.05) is 43.3 Å². The number of carbonyl (C=O) groups excluding carboxylic acids is 1. The van der Waals surface area contributed by atoms with Crippen molar-refractivity contribution < 1.29 is 14.6 Å². The molecule has 1 aliphatic rings. The number of nitro benzene ring substituents is 2. The van der Waals surface area contributed by atoms with Gasteiger partial charge in [-0.25, -0.2) is 0 Å². The van der Waals surface area contributed by atoms with Crippen molar-refractivity contribution in [3.05, 3.63) is 91.0 Å². The van der Waals surface area contributed by atoms with Crippen molar-refractivity contribution in [2.75, 3.05) is 13.1 Å². The van der Waals surface area contributed by atoms with Gasteiger partial charge in [-0.3, -0.25) is 25.1 Å². The number of likely N-dealkylation sites (tertiary alicyclic amines) is 1. The van der Waals surface area contributed by atoms with Gasteiger partial charge in [-0.1, -0.05) is 71.9 Å². The Balaban J connectivity index is 1.90. The number of allylic oxidation sites excluding steroid dienone is 1. The number of nitro groups is 2. The van der Waals surface area contributed by atoms with Crippen LogP contribution in [-0.4, -0.2) is 40.2 Å². The van der Waals surface area contributed by atoms with Gasteiger partial charge in [0.05, 0.1) is 9.85 Å². The third kappa shape index (κ3) is 7.50. The molecule has 2 aromatic rings. The molecule has 2 aromatic carbocycles. The maximum atomic E-state index is 11.6. The van der Waals surface area contributed by atoms with Gasteiger partial charge in [0.1, 0.15) is 6.29 Å². The quantitative estimate of drug-likeness (QED) is 0.172. The van der Waals surface area contributed by atoms with E-state index in [9.17, 15) is 25.0 Å². The van der Waals surface area contributed by atoms with Crippen molar-refractivity contribution in [1.29, 1.82) is 0 Å². The Bertz CT molecular complexity index is 1310. The number of non-ortho nitro benzene ring substituents is 2. The molecule has 1 unspecified atom stereocenters. The van der Waals surface area contributed by atoms with Crippen molar-refractivity contribution in [3.63, 3.8) is 0 Å². The summed E-state index contributed by atoms with van der Waals surface area (Å²) in [6.45, 7) is 14.2. The maximum Gasteiger partial charge on any atom is 0.270 e. The summed E-state index contributed by atoms with van der Waals surface area (Å²) >= 11 is 0. The van der Waals surface area contributed by atoms with Crippen molar-refractivity contribution in [3.8, 4) is 0 Å². The molecule has 1 atom stereocenters. The molecule has 214 valence electrons. The van der Waals surface area contributed by atoms with Crippen LogP contribution in [0.5, 0.6) is 0 Å². The number of aldehydes is 1. The molecule has 1 saturated heterocycles. The lowest BCUT2D eigenvalue weighted by atomic mass is 9.79. The Labute approximate surface area is 237 Å². The summed E-state index contributed by atoms with van der Waals surface area (Å²) < 4.78 is 0. The Hall–Kier alpha value is -3.65. The molecule has 1 aliphatic heterocycles. The fourth-order valence-corrected chi connectivity index (χ4v) is 5.52. The lowest BCUT2D eigenvalue weighted by Gasteiger charge is -2.30. The van der Waals surface area contributed by atoms with Crippen LogP contribution < -0.4 is 0 Å². The monoisotopic (exact) mass is 547 g/mol. The zero-order valence-electron chi connectivity index (χ0n) is 24.5. The molecule has 0 bridgehead atoms. The Morgan fingerprint density at radius 3 is 2.12 bits per heavy atom. The molecule has 0 N–H and O–H groups in total. The van der Waals surface area contributed by atoms with E-state index in [1.165, 1.54) is 0 Å². The van der Waals surface area contributed by atoms with Crippen molar-refractivity contribution in [1.82, 2.24) is 4.90 Å². The number of hydrogen-bond acceptors (Lipinski definition) is 6. The van der Waals surface area contributed by atoms with Crippen LogP contribution in [0.3, 0.4) is 0 Å². The number of nitrogens with zero attached hydrogens (tertiary/aromatic N) is 3. The van der Waals surface area contributed by atoms with E-state index >= 15 is 0 Å². The molecule has 0 saturated carbocycles. The fraction of sp³-hybridized carbons (Fsp3) is 0.469. The van der Waals surface area contributed by atoms with Gasteiger partial charge < -0.3 is 4.79 Å². The van der Waals surface area contributed by atoms with Gasteiger partial charge >= 0.3 is 0 Å². The van der Waals surface area contributed by atoms with Crippen LogP contribution in [-0.2, 0) is 15.6 Å². The fourth-order valence-electron chi connectivity index (χ4n) is 5.52. The molecule has 8 heteroatoms. The molecule has 1 heterocycles. The van der Waals surface area contributed by atoms with E-state index in [-0.39, 0.29) is 44.5 Å². The minimum atomic E-state index is -0.371. The molecule has 0 radical (unpaired) electrons. The normalized spacial score (nSPS) is 16.9. The summed E-state index contributed by atoms with van der Waals surface area (Å²) in [5, 5.41) is 23.0. The molecular weight excluding hydrogens is 506 g/mol. The summed E-state index contributed by atoms with van der Waals surface area (Å²) in [5.74, 6) is 0. The minimum absolute atomic E-state index is 0.0408. The molecule has 0 aromatic heterocycles. The number of hydrogen-bond donors (Lipinski definition) is 0. The van der Waals surface area contributed by atoms with E-state index < -0.39 is 0 Å². The van der Waals surface area contributed by atoms with Crippen molar-refractivity contribution >= 4 is 29.3 Å². The topological polar surface area (TPSA) is 107 Å². The van der Waals surface area contributed by atoms with Crippen molar-refractivity contribution in [2.24, 2.45) is 0 Å². The second-order valence-electron chi connectivity index (χ2n) is 12.5. The lowest BCUT2D eigenvalue weighted by Crippen LogP contribution is -2.32. The first-order valence-electron chi connectivity index (χ1n) is 13.9. The highest BCUT2D eigenvalue weighted by atomic mass is 16.6. The summed E-state index contributed by atoms with van der Waals surface area (Å²) in [6.07, 6.45) is 9.71. The minimum Gasteiger partial charge on any atom is -0.303 e. The first-order chi connectivity index (χ1) is 18.7. The smallest absolute Gasteiger partial charge is 0.270 e. The van der Waals surface area contributed by atoms with E-state index in [4.69, 9.17) is 0 Å². The van der Waals surface area contributed by atoms with E-state index in [1.807, 2.05) is 24.3 Å². The zero-order chi connectivity index (χ0) is 29.7. The summed E-state index contributed by atoms with van der Waals surface area (Å²) in [5.41, 5.74) is 4.44. The highest BCUT2D eigenvalue weighted by Crippen LogP contribution is 2.38. The van der Waals surface area contributed by atoms with Crippen LogP contribution in [0.1, 0.15) is 89.5 Å². The Kier molecular flexibility index (Phi) is 9.79. The molecule has 0 amide bonds.